The minimum absolute atomic E-state index is 0.0450. The third kappa shape index (κ3) is 2.90. The summed E-state index contributed by atoms with van der Waals surface area (Å²) in [6, 6.07) is 14.5. The monoisotopic (exact) mass is 421 g/mol. The number of primary amides is 1. The van der Waals surface area contributed by atoms with Crippen LogP contribution in [0.15, 0.2) is 48.5 Å². The van der Waals surface area contributed by atoms with E-state index in [1.807, 2.05) is 48.5 Å². The normalized spacial score (nSPS) is 17.7. The van der Waals surface area contributed by atoms with Crippen molar-refractivity contribution in [3.63, 3.8) is 0 Å². The highest BCUT2D eigenvalue weighted by molar-refractivity contribution is 14.1. The van der Waals surface area contributed by atoms with Crippen molar-refractivity contribution in [1.82, 2.24) is 4.90 Å². The molecule has 5 nitrogen and oxygen atoms in total. The molecule has 0 radical (unpaired) electrons. The first-order chi connectivity index (χ1) is 11.0. The van der Waals surface area contributed by atoms with Gasteiger partial charge in [0.15, 0.2) is 0 Å². The standard InChI is InChI=1S/C17H16IN3O2/c1-20-14-8-7-12(18)9-13(14)16(11-5-3-2-4-6-11)21(17(19)23)10-15(20)22/h2-9,16H,10H2,1H3,(H2,19,23). The number of benzene rings is 2. The van der Waals surface area contributed by atoms with Crippen molar-refractivity contribution in [3.05, 3.63) is 63.2 Å². The molecule has 23 heavy (non-hydrogen) atoms. The van der Waals surface area contributed by atoms with Gasteiger partial charge in [0.05, 0.1) is 6.04 Å². The summed E-state index contributed by atoms with van der Waals surface area (Å²) in [5.74, 6) is -0.162. The molecule has 0 saturated heterocycles. The maximum Gasteiger partial charge on any atom is 0.316 e. The lowest BCUT2D eigenvalue weighted by Crippen LogP contribution is -2.43. The number of amides is 3. The lowest BCUT2D eigenvalue weighted by Gasteiger charge is -2.29. The molecular formula is C17H16IN3O2. The van der Waals surface area contributed by atoms with Crippen LogP contribution in [0, 0.1) is 3.57 Å². The van der Waals surface area contributed by atoms with E-state index in [2.05, 4.69) is 22.6 Å². The predicted molar refractivity (Wildman–Crippen MR) is 97.1 cm³/mol. The lowest BCUT2D eigenvalue weighted by atomic mass is 9.96. The van der Waals surface area contributed by atoms with Gasteiger partial charge in [0, 0.05) is 21.9 Å². The Morgan fingerprint density at radius 2 is 1.91 bits per heavy atom. The zero-order chi connectivity index (χ0) is 16.6. The van der Waals surface area contributed by atoms with Crippen molar-refractivity contribution in [2.45, 2.75) is 6.04 Å². The second-order valence-corrected chi connectivity index (χ2v) is 6.68. The summed E-state index contributed by atoms with van der Waals surface area (Å²) in [5, 5.41) is 0. The number of carbonyl (C=O) groups is 2. The van der Waals surface area contributed by atoms with Gasteiger partial charge in [-0.1, -0.05) is 30.3 Å². The van der Waals surface area contributed by atoms with Gasteiger partial charge in [0.25, 0.3) is 0 Å². The fraction of sp³-hybridized carbons (Fsp3) is 0.176. The topological polar surface area (TPSA) is 66.6 Å². The van der Waals surface area contributed by atoms with Crippen LogP contribution in [0.2, 0.25) is 0 Å². The predicted octanol–water partition coefficient (Wildman–Crippen LogP) is 2.74. The lowest BCUT2D eigenvalue weighted by molar-refractivity contribution is -0.118. The second-order valence-electron chi connectivity index (χ2n) is 5.44. The molecule has 6 heteroatoms. The van der Waals surface area contributed by atoms with E-state index in [-0.39, 0.29) is 18.5 Å². The van der Waals surface area contributed by atoms with Crippen LogP contribution >= 0.6 is 22.6 Å². The Bertz CT molecular complexity index is 764. The van der Waals surface area contributed by atoms with Crippen molar-refractivity contribution < 1.29 is 9.59 Å². The van der Waals surface area contributed by atoms with Gasteiger partial charge in [-0.25, -0.2) is 4.79 Å². The van der Waals surface area contributed by atoms with E-state index < -0.39 is 6.03 Å². The van der Waals surface area contributed by atoms with Gasteiger partial charge in [-0.05, 0) is 46.4 Å². The molecule has 0 bridgehead atoms. The summed E-state index contributed by atoms with van der Waals surface area (Å²) < 4.78 is 1.04. The zero-order valence-electron chi connectivity index (χ0n) is 12.6. The Kier molecular flexibility index (Phi) is 4.25. The number of rotatable bonds is 1. The average molecular weight is 421 g/mol. The van der Waals surface area contributed by atoms with Crippen LogP contribution in [0.3, 0.4) is 0 Å². The highest BCUT2D eigenvalue weighted by Crippen LogP contribution is 2.38. The average Bonchev–Trinajstić information content (AvgIpc) is 2.64. The first-order valence-corrected chi connectivity index (χ1v) is 8.24. The van der Waals surface area contributed by atoms with Gasteiger partial charge in [0.1, 0.15) is 6.54 Å². The number of halogens is 1. The Morgan fingerprint density at radius 3 is 2.57 bits per heavy atom. The molecular weight excluding hydrogens is 405 g/mol. The van der Waals surface area contributed by atoms with Crippen molar-refractivity contribution in [3.8, 4) is 0 Å². The molecule has 1 atom stereocenters. The smallest absolute Gasteiger partial charge is 0.316 e. The minimum Gasteiger partial charge on any atom is -0.351 e. The van der Waals surface area contributed by atoms with Gasteiger partial charge in [-0.3, -0.25) is 4.79 Å². The maximum atomic E-state index is 12.4. The molecule has 0 aliphatic carbocycles. The molecule has 0 fully saturated rings. The molecule has 1 aliphatic heterocycles. The molecule has 118 valence electrons. The summed E-state index contributed by atoms with van der Waals surface area (Å²) in [7, 11) is 1.72. The van der Waals surface area contributed by atoms with E-state index in [1.165, 1.54) is 4.90 Å². The summed E-state index contributed by atoms with van der Waals surface area (Å²) in [6.45, 7) is -0.0450. The summed E-state index contributed by atoms with van der Waals surface area (Å²) in [6.07, 6.45) is 0. The fourth-order valence-electron chi connectivity index (χ4n) is 2.90. The van der Waals surface area contributed by atoms with Crippen molar-refractivity contribution >= 4 is 40.2 Å². The molecule has 1 unspecified atom stereocenters. The van der Waals surface area contributed by atoms with Crippen LogP contribution in [0.5, 0.6) is 0 Å². The molecule has 0 spiro atoms. The van der Waals surface area contributed by atoms with Gasteiger partial charge in [0.2, 0.25) is 5.91 Å². The maximum absolute atomic E-state index is 12.4. The van der Waals surface area contributed by atoms with Gasteiger partial charge < -0.3 is 15.5 Å². The number of likely N-dealkylation sites (N-methyl/N-ethyl adjacent to an activating group) is 1. The second kappa shape index (κ2) is 6.19. The first kappa shape index (κ1) is 15.8. The van der Waals surface area contributed by atoms with E-state index in [9.17, 15) is 9.59 Å². The number of nitrogens with two attached hydrogens (primary N) is 1. The summed E-state index contributed by atoms with van der Waals surface area (Å²) >= 11 is 2.23. The van der Waals surface area contributed by atoms with Crippen molar-refractivity contribution in [2.24, 2.45) is 5.73 Å². The third-order valence-electron chi connectivity index (χ3n) is 4.04. The van der Waals surface area contributed by atoms with Crippen molar-refractivity contribution in [2.75, 3.05) is 18.5 Å². The van der Waals surface area contributed by atoms with E-state index in [0.29, 0.717) is 0 Å². The highest BCUT2D eigenvalue weighted by atomic mass is 127. The SMILES string of the molecule is CN1C(=O)CN(C(N)=O)C(c2ccccc2)c2cc(I)ccc21. The Hall–Kier alpha value is -2.09. The quantitative estimate of drug-likeness (QED) is 0.720. The van der Waals surface area contributed by atoms with Crippen LogP contribution in [0.1, 0.15) is 17.2 Å². The van der Waals surface area contributed by atoms with E-state index >= 15 is 0 Å². The molecule has 1 aliphatic rings. The van der Waals surface area contributed by atoms with Crippen LogP contribution < -0.4 is 10.6 Å². The van der Waals surface area contributed by atoms with Crippen LogP contribution in [-0.2, 0) is 4.79 Å². The van der Waals surface area contributed by atoms with Crippen LogP contribution in [0.4, 0.5) is 10.5 Å². The number of fused-ring (bicyclic) bond motifs is 1. The van der Waals surface area contributed by atoms with Crippen LogP contribution in [0.25, 0.3) is 0 Å². The number of hydrogen-bond donors (Lipinski definition) is 1. The zero-order valence-corrected chi connectivity index (χ0v) is 14.7. The van der Waals surface area contributed by atoms with E-state index in [4.69, 9.17) is 5.73 Å². The number of nitrogens with zero attached hydrogens (tertiary/aromatic N) is 2. The number of hydrogen-bond acceptors (Lipinski definition) is 2. The number of anilines is 1. The van der Waals surface area contributed by atoms with Gasteiger partial charge >= 0.3 is 6.03 Å². The van der Waals surface area contributed by atoms with E-state index in [0.717, 1.165) is 20.4 Å². The third-order valence-corrected chi connectivity index (χ3v) is 4.71. The summed E-state index contributed by atoms with van der Waals surface area (Å²) in [5.41, 5.74) is 8.21. The number of urea groups is 1. The molecule has 1 heterocycles. The Balaban J connectivity index is 2.27. The largest absolute Gasteiger partial charge is 0.351 e. The molecule has 3 amide bonds. The molecule has 3 rings (SSSR count). The Morgan fingerprint density at radius 1 is 1.22 bits per heavy atom. The molecule has 0 aromatic heterocycles. The molecule has 0 saturated carbocycles. The van der Waals surface area contributed by atoms with Gasteiger partial charge in [-0.15, -0.1) is 0 Å². The van der Waals surface area contributed by atoms with E-state index in [1.54, 1.807) is 11.9 Å². The number of carbonyl (C=O) groups excluding carboxylic acids is 2. The highest BCUT2D eigenvalue weighted by Gasteiger charge is 2.34. The minimum atomic E-state index is -0.604. The molecule has 2 aromatic carbocycles. The fourth-order valence-corrected chi connectivity index (χ4v) is 3.41. The van der Waals surface area contributed by atoms with Crippen molar-refractivity contribution in [1.29, 1.82) is 0 Å². The van der Waals surface area contributed by atoms with Crippen LogP contribution in [-0.4, -0.2) is 30.4 Å². The first-order valence-electron chi connectivity index (χ1n) is 7.16. The summed E-state index contributed by atoms with van der Waals surface area (Å²) in [4.78, 5) is 27.5. The molecule has 2 aromatic rings. The Labute approximate surface area is 148 Å². The van der Waals surface area contributed by atoms with Gasteiger partial charge in [-0.2, -0.15) is 0 Å². The molecule has 2 N–H and O–H groups in total.